The third-order valence-electron chi connectivity index (χ3n) is 2.64. The van der Waals surface area contributed by atoms with E-state index in [-0.39, 0.29) is 12.0 Å². The highest BCUT2D eigenvalue weighted by Gasteiger charge is 2.27. The first-order valence-electron chi connectivity index (χ1n) is 4.59. The normalized spacial score (nSPS) is 19.1. The smallest absolute Gasteiger partial charge is 0.130 e. The van der Waals surface area contributed by atoms with Gasteiger partial charge in [-0.05, 0) is 6.07 Å². The first-order valence-corrected chi connectivity index (χ1v) is 4.59. The quantitative estimate of drug-likeness (QED) is 0.749. The van der Waals surface area contributed by atoms with Gasteiger partial charge in [0.1, 0.15) is 11.6 Å². The Hall–Kier alpha value is -1.00. The topological polar surface area (TPSA) is 38.0 Å². The van der Waals surface area contributed by atoms with Gasteiger partial charge in [0.2, 0.25) is 0 Å². The number of benzene rings is 1. The highest BCUT2D eigenvalue weighted by Crippen LogP contribution is 2.25. The Morgan fingerprint density at radius 1 is 1.36 bits per heavy atom. The first-order chi connectivity index (χ1) is 6.68. The molecule has 1 heterocycles. The van der Waals surface area contributed by atoms with E-state index in [1.165, 1.54) is 12.1 Å². The Bertz CT molecular complexity index is 337. The molecule has 1 aliphatic rings. The molecule has 1 fully saturated rings. The van der Waals surface area contributed by atoms with Gasteiger partial charge in [-0.1, -0.05) is 6.07 Å². The molecular formula is C10H12F2N2. The Morgan fingerprint density at radius 2 is 2.07 bits per heavy atom. The second kappa shape index (κ2) is 3.63. The van der Waals surface area contributed by atoms with Crippen LogP contribution < -0.4 is 11.1 Å². The molecule has 0 saturated carbocycles. The summed E-state index contributed by atoms with van der Waals surface area (Å²) in [7, 11) is 0. The van der Waals surface area contributed by atoms with Crippen molar-refractivity contribution < 1.29 is 8.78 Å². The molecule has 1 aliphatic heterocycles. The van der Waals surface area contributed by atoms with Crippen LogP contribution in [0.15, 0.2) is 18.2 Å². The molecule has 1 aromatic carbocycles. The van der Waals surface area contributed by atoms with Crippen molar-refractivity contribution in [2.24, 2.45) is 11.7 Å². The summed E-state index contributed by atoms with van der Waals surface area (Å²) in [4.78, 5) is 0. The number of rotatable bonds is 2. The summed E-state index contributed by atoms with van der Waals surface area (Å²) in [5.74, 6) is -0.857. The van der Waals surface area contributed by atoms with Crippen molar-refractivity contribution >= 4 is 0 Å². The largest absolute Gasteiger partial charge is 0.324 e. The minimum absolute atomic E-state index is 0.259. The molecule has 0 spiro atoms. The van der Waals surface area contributed by atoms with Gasteiger partial charge in [0.25, 0.3) is 0 Å². The Kier molecular flexibility index (Phi) is 2.48. The van der Waals surface area contributed by atoms with E-state index in [1.54, 1.807) is 0 Å². The lowest BCUT2D eigenvalue weighted by molar-refractivity contribution is 0.290. The molecular weight excluding hydrogens is 186 g/mol. The Morgan fingerprint density at radius 3 is 2.57 bits per heavy atom. The first kappa shape index (κ1) is 9.55. The molecule has 2 rings (SSSR count). The van der Waals surface area contributed by atoms with Crippen LogP contribution in [0.1, 0.15) is 11.6 Å². The van der Waals surface area contributed by atoms with Crippen molar-refractivity contribution in [3.8, 4) is 0 Å². The standard InChI is InChI=1S/C10H12F2N2/c11-7-1-2-8(9(12)3-7)10(13)6-4-14-5-6/h1-3,6,10,14H,4-5,13H2. The van der Waals surface area contributed by atoms with Gasteiger partial charge in [0, 0.05) is 36.7 Å². The maximum absolute atomic E-state index is 13.3. The molecule has 14 heavy (non-hydrogen) atoms. The van der Waals surface area contributed by atoms with Gasteiger partial charge < -0.3 is 11.1 Å². The average Bonchev–Trinajstić information content (AvgIpc) is 2.00. The van der Waals surface area contributed by atoms with E-state index in [1.807, 2.05) is 0 Å². The summed E-state index contributed by atoms with van der Waals surface area (Å²) in [5, 5.41) is 3.07. The molecule has 0 bridgehead atoms. The van der Waals surface area contributed by atoms with Crippen LogP contribution in [-0.2, 0) is 0 Å². The summed E-state index contributed by atoms with van der Waals surface area (Å²) in [5.41, 5.74) is 6.25. The maximum Gasteiger partial charge on any atom is 0.130 e. The van der Waals surface area contributed by atoms with E-state index in [0.29, 0.717) is 5.56 Å². The number of hydrogen-bond donors (Lipinski definition) is 2. The summed E-state index contributed by atoms with van der Waals surface area (Å²) in [6.07, 6.45) is 0. The third-order valence-corrected chi connectivity index (χ3v) is 2.64. The number of halogens is 2. The van der Waals surface area contributed by atoms with Gasteiger partial charge in [-0.15, -0.1) is 0 Å². The number of nitrogens with two attached hydrogens (primary N) is 1. The minimum Gasteiger partial charge on any atom is -0.324 e. The lowest BCUT2D eigenvalue weighted by Gasteiger charge is -2.32. The van der Waals surface area contributed by atoms with Crippen LogP contribution in [0.5, 0.6) is 0 Å². The van der Waals surface area contributed by atoms with E-state index in [9.17, 15) is 8.78 Å². The zero-order chi connectivity index (χ0) is 10.1. The molecule has 4 heteroatoms. The van der Waals surface area contributed by atoms with E-state index >= 15 is 0 Å². The van der Waals surface area contributed by atoms with E-state index in [4.69, 9.17) is 5.73 Å². The Labute approximate surface area is 81.1 Å². The van der Waals surface area contributed by atoms with Crippen LogP contribution in [0.3, 0.4) is 0 Å². The maximum atomic E-state index is 13.3. The minimum atomic E-state index is -0.565. The van der Waals surface area contributed by atoms with Crippen molar-refractivity contribution in [1.29, 1.82) is 0 Å². The van der Waals surface area contributed by atoms with Gasteiger partial charge in [-0.3, -0.25) is 0 Å². The van der Waals surface area contributed by atoms with Crippen molar-refractivity contribution in [3.05, 3.63) is 35.4 Å². The van der Waals surface area contributed by atoms with E-state index in [2.05, 4.69) is 5.32 Å². The van der Waals surface area contributed by atoms with Gasteiger partial charge in [-0.25, -0.2) is 8.78 Å². The lowest BCUT2D eigenvalue weighted by Crippen LogP contribution is -2.47. The fourth-order valence-corrected chi connectivity index (χ4v) is 1.59. The van der Waals surface area contributed by atoms with Crippen molar-refractivity contribution in [2.75, 3.05) is 13.1 Å². The highest BCUT2D eigenvalue weighted by atomic mass is 19.1. The van der Waals surface area contributed by atoms with Crippen LogP contribution >= 0.6 is 0 Å². The third kappa shape index (κ3) is 1.63. The van der Waals surface area contributed by atoms with Crippen LogP contribution in [-0.4, -0.2) is 13.1 Å². The molecule has 1 aromatic rings. The Balaban J connectivity index is 2.22. The zero-order valence-corrected chi connectivity index (χ0v) is 7.63. The molecule has 1 atom stereocenters. The second-order valence-electron chi connectivity index (χ2n) is 3.61. The van der Waals surface area contributed by atoms with Gasteiger partial charge in [0.15, 0.2) is 0 Å². The van der Waals surface area contributed by atoms with Crippen LogP contribution in [0.2, 0.25) is 0 Å². The SMILES string of the molecule is NC(c1ccc(F)cc1F)C1CNC1. The molecule has 1 unspecified atom stereocenters. The van der Waals surface area contributed by atoms with Crippen LogP contribution in [0, 0.1) is 17.6 Å². The van der Waals surface area contributed by atoms with E-state index < -0.39 is 11.6 Å². The molecule has 3 N–H and O–H groups in total. The van der Waals surface area contributed by atoms with Crippen LogP contribution in [0.4, 0.5) is 8.78 Å². The average molecular weight is 198 g/mol. The zero-order valence-electron chi connectivity index (χ0n) is 7.63. The summed E-state index contributed by atoms with van der Waals surface area (Å²) in [6, 6.07) is 3.20. The molecule has 0 aromatic heterocycles. The molecule has 0 aliphatic carbocycles. The summed E-state index contributed by atoms with van der Waals surface area (Å²) >= 11 is 0. The van der Waals surface area contributed by atoms with Gasteiger partial charge in [0.05, 0.1) is 0 Å². The fourth-order valence-electron chi connectivity index (χ4n) is 1.59. The lowest BCUT2D eigenvalue weighted by atomic mass is 9.89. The molecule has 0 amide bonds. The monoisotopic (exact) mass is 198 g/mol. The summed E-state index contributed by atoms with van der Waals surface area (Å²) < 4.78 is 25.9. The fraction of sp³-hybridized carbons (Fsp3) is 0.400. The van der Waals surface area contributed by atoms with Crippen molar-refractivity contribution in [1.82, 2.24) is 5.32 Å². The number of nitrogens with one attached hydrogen (secondary N) is 1. The summed E-state index contributed by atoms with van der Waals surface area (Å²) in [6.45, 7) is 1.61. The van der Waals surface area contributed by atoms with Gasteiger partial charge >= 0.3 is 0 Å². The predicted octanol–water partition coefficient (Wildman–Crippen LogP) is 1.18. The van der Waals surface area contributed by atoms with Crippen molar-refractivity contribution in [3.63, 3.8) is 0 Å². The second-order valence-corrected chi connectivity index (χ2v) is 3.61. The number of hydrogen-bond acceptors (Lipinski definition) is 2. The highest BCUT2D eigenvalue weighted by molar-refractivity contribution is 5.23. The molecule has 2 nitrogen and oxygen atoms in total. The van der Waals surface area contributed by atoms with Gasteiger partial charge in [-0.2, -0.15) is 0 Å². The predicted molar refractivity (Wildman–Crippen MR) is 49.6 cm³/mol. The molecule has 76 valence electrons. The molecule has 1 saturated heterocycles. The van der Waals surface area contributed by atoms with Crippen molar-refractivity contribution in [2.45, 2.75) is 6.04 Å². The molecule has 0 radical (unpaired) electrons. The van der Waals surface area contributed by atoms with Crippen LogP contribution in [0.25, 0.3) is 0 Å². The van der Waals surface area contributed by atoms with E-state index in [0.717, 1.165) is 19.2 Å².